The highest BCUT2D eigenvalue weighted by Crippen LogP contribution is 2.28. The fourth-order valence-corrected chi connectivity index (χ4v) is 1.56. The van der Waals surface area contributed by atoms with Crippen LogP contribution < -0.4 is 0 Å². The zero-order valence-electron chi connectivity index (χ0n) is 8.88. The Balaban J connectivity index is 2.47. The molecule has 2 aromatic rings. The molecule has 0 aliphatic carbocycles. The Kier molecular flexibility index (Phi) is 2.93. The number of rotatable bonds is 2. The van der Waals surface area contributed by atoms with Crippen molar-refractivity contribution in [3.05, 3.63) is 58.8 Å². The van der Waals surface area contributed by atoms with Gasteiger partial charge in [0, 0.05) is 12.1 Å². The van der Waals surface area contributed by atoms with Crippen molar-refractivity contribution in [2.24, 2.45) is 0 Å². The van der Waals surface area contributed by atoms with Crippen molar-refractivity contribution < 1.29 is 22.7 Å². The lowest BCUT2D eigenvalue weighted by molar-refractivity contribution is 0.178. The minimum atomic E-state index is -1.59. The lowest BCUT2D eigenvalue weighted by Gasteiger charge is -2.10. The Hall–Kier alpha value is -1.75. The van der Waals surface area contributed by atoms with Crippen LogP contribution in [0, 0.1) is 24.4 Å². The van der Waals surface area contributed by atoms with Crippen LogP contribution in [0.5, 0.6) is 0 Å². The monoisotopic (exact) mass is 242 g/mol. The van der Waals surface area contributed by atoms with Gasteiger partial charge in [-0.2, -0.15) is 0 Å². The van der Waals surface area contributed by atoms with Crippen molar-refractivity contribution in [2.75, 3.05) is 0 Å². The number of aryl methyl sites for hydroxylation is 1. The van der Waals surface area contributed by atoms with Gasteiger partial charge >= 0.3 is 0 Å². The number of aliphatic hydroxyl groups is 1. The van der Waals surface area contributed by atoms with Crippen LogP contribution in [0.1, 0.15) is 23.2 Å². The van der Waals surface area contributed by atoms with E-state index in [4.69, 9.17) is 4.42 Å². The number of benzene rings is 1. The molecule has 2 nitrogen and oxygen atoms in total. The van der Waals surface area contributed by atoms with Gasteiger partial charge in [-0.1, -0.05) is 0 Å². The smallest absolute Gasteiger partial charge is 0.142 e. The van der Waals surface area contributed by atoms with Crippen molar-refractivity contribution in [1.82, 2.24) is 0 Å². The first-order chi connectivity index (χ1) is 7.99. The summed E-state index contributed by atoms with van der Waals surface area (Å²) < 4.78 is 44.5. The Labute approximate surface area is 95.3 Å². The summed E-state index contributed by atoms with van der Waals surface area (Å²) in [6.45, 7) is 1.63. The Morgan fingerprint density at radius 2 is 1.71 bits per heavy atom. The van der Waals surface area contributed by atoms with E-state index in [1.165, 1.54) is 6.07 Å². The van der Waals surface area contributed by atoms with E-state index in [1.807, 2.05) is 0 Å². The quantitative estimate of drug-likeness (QED) is 0.877. The first kappa shape index (κ1) is 11.7. The largest absolute Gasteiger partial charge is 0.463 e. The predicted molar refractivity (Wildman–Crippen MR) is 53.8 cm³/mol. The normalized spacial score (nSPS) is 12.8. The molecule has 90 valence electrons. The first-order valence-electron chi connectivity index (χ1n) is 4.88. The van der Waals surface area contributed by atoms with E-state index >= 15 is 0 Å². The van der Waals surface area contributed by atoms with Gasteiger partial charge in [-0.3, -0.25) is 0 Å². The SMILES string of the molecule is Cc1ccc(C(O)c2c(F)cc(F)cc2F)o1. The average molecular weight is 242 g/mol. The van der Waals surface area contributed by atoms with Crippen LogP contribution in [0.15, 0.2) is 28.7 Å². The third kappa shape index (κ3) is 2.19. The number of furan rings is 1. The molecule has 1 aromatic heterocycles. The van der Waals surface area contributed by atoms with Crippen LogP contribution in [0.3, 0.4) is 0 Å². The summed E-state index contributed by atoms with van der Waals surface area (Å²) in [4.78, 5) is 0. The van der Waals surface area contributed by atoms with Gasteiger partial charge < -0.3 is 9.52 Å². The van der Waals surface area contributed by atoms with Gasteiger partial charge in [0.15, 0.2) is 0 Å². The van der Waals surface area contributed by atoms with Crippen LogP contribution in [0.25, 0.3) is 0 Å². The van der Waals surface area contributed by atoms with Crippen molar-refractivity contribution in [2.45, 2.75) is 13.0 Å². The standard InChI is InChI=1S/C12H9F3O2/c1-6-2-3-10(17-6)12(16)11-8(14)4-7(13)5-9(11)15/h2-5,12,16H,1H3. The first-order valence-corrected chi connectivity index (χ1v) is 4.88. The second kappa shape index (κ2) is 4.25. The second-order valence-corrected chi connectivity index (χ2v) is 3.63. The topological polar surface area (TPSA) is 33.4 Å². The Morgan fingerprint density at radius 3 is 2.18 bits per heavy atom. The maximum atomic E-state index is 13.4. The molecule has 2 rings (SSSR count). The predicted octanol–water partition coefficient (Wildman–Crippen LogP) is 3.09. The van der Waals surface area contributed by atoms with Crippen LogP contribution >= 0.6 is 0 Å². The van der Waals surface area contributed by atoms with E-state index in [0.29, 0.717) is 17.9 Å². The molecule has 0 saturated heterocycles. The molecule has 17 heavy (non-hydrogen) atoms. The molecular formula is C12H9F3O2. The summed E-state index contributed by atoms with van der Waals surface area (Å²) in [5.74, 6) is -2.83. The fraction of sp³-hybridized carbons (Fsp3) is 0.167. The van der Waals surface area contributed by atoms with Gasteiger partial charge in [0.25, 0.3) is 0 Å². The molecule has 0 bridgehead atoms. The molecule has 1 heterocycles. The van der Waals surface area contributed by atoms with Gasteiger partial charge in [0.05, 0.1) is 5.56 Å². The number of hydrogen-bond donors (Lipinski definition) is 1. The highest BCUT2D eigenvalue weighted by Gasteiger charge is 2.23. The molecule has 1 unspecified atom stereocenters. The molecule has 0 aliphatic rings. The zero-order chi connectivity index (χ0) is 12.6. The summed E-state index contributed by atoms with van der Waals surface area (Å²) >= 11 is 0. The fourth-order valence-electron chi connectivity index (χ4n) is 1.56. The lowest BCUT2D eigenvalue weighted by Crippen LogP contribution is -2.05. The maximum Gasteiger partial charge on any atom is 0.142 e. The third-order valence-electron chi connectivity index (χ3n) is 2.35. The van der Waals surface area contributed by atoms with Crippen LogP contribution in [-0.4, -0.2) is 5.11 Å². The maximum absolute atomic E-state index is 13.4. The van der Waals surface area contributed by atoms with E-state index in [9.17, 15) is 18.3 Å². The summed E-state index contributed by atoms with van der Waals surface area (Å²) in [5.41, 5.74) is -0.624. The summed E-state index contributed by atoms with van der Waals surface area (Å²) in [5, 5.41) is 9.76. The van der Waals surface area contributed by atoms with Crippen molar-refractivity contribution in [3.8, 4) is 0 Å². The molecule has 0 aliphatic heterocycles. The molecular weight excluding hydrogens is 233 g/mol. The molecule has 1 N–H and O–H groups in total. The molecule has 5 heteroatoms. The van der Waals surface area contributed by atoms with Gasteiger partial charge in [-0.15, -0.1) is 0 Å². The Morgan fingerprint density at radius 1 is 1.12 bits per heavy atom. The van der Waals surface area contributed by atoms with Crippen LogP contribution in [0.2, 0.25) is 0 Å². The molecule has 1 atom stereocenters. The highest BCUT2D eigenvalue weighted by molar-refractivity contribution is 5.28. The van der Waals surface area contributed by atoms with Gasteiger partial charge in [-0.25, -0.2) is 13.2 Å². The van der Waals surface area contributed by atoms with Crippen LogP contribution in [0.4, 0.5) is 13.2 Å². The molecule has 0 spiro atoms. The van der Waals surface area contributed by atoms with E-state index in [2.05, 4.69) is 0 Å². The third-order valence-corrected chi connectivity index (χ3v) is 2.35. The Bertz CT molecular complexity index is 525. The summed E-state index contributed by atoms with van der Waals surface area (Å²) in [6.07, 6.45) is -1.59. The lowest BCUT2D eigenvalue weighted by atomic mass is 10.1. The van der Waals surface area contributed by atoms with E-state index in [1.54, 1.807) is 13.0 Å². The second-order valence-electron chi connectivity index (χ2n) is 3.63. The van der Waals surface area contributed by atoms with Gasteiger partial charge in [0.1, 0.15) is 35.1 Å². The van der Waals surface area contributed by atoms with Crippen molar-refractivity contribution in [1.29, 1.82) is 0 Å². The summed E-state index contributed by atoms with van der Waals surface area (Å²) in [7, 11) is 0. The number of halogens is 3. The molecule has 1 aromatic carbocycles. The van der Waals surface area contributed by atoms with E-state index in [0.717, 1.165) is 0 Å². The zero-order valence-corrected chi connectivity index (χ0v) is 8.88. The molecule has 0 saturated carbocycles. The van der Waals surface area contributed by atoms with Crippen LogP contribution in [-0.2, 0) is 0 Å². The van der Waals surface area contributed by atoms with Crippen molar-refractivity contribution in [3.63, 3.8) is 0 Å². The average Bonchev–Trinajstić information content (AvgIpc) is 2.63. The number of aliphatic hydroxyl groups excluding tert-OH is 1. The minimum absolute atomic E-state index is 0.00640. The molecule has 0 amide bonds. The highest BCUT2D eigenvalue weighted by atomic mass is 19.1. The summed E-state index contributed by atoms with van der Waals surface area (Å²) in [6, 6.07) is 3.98. The van der Waals surface area contributed by atoms with Crippen molar-refractivity contribution >= 4 is 0 Å². The molecule has 0 fully saturated rings. The number of hydrogen-bond acceptors (Lipinski definition) is 2. The van der Waals surface area contributed by atoms with Gasteiger partial charge in [-0.05, 0) is 19.1 Å². The van der Waals surface area contributed by atoms with E-state index in [-0.39, 0.29) is 5.76 Å². The minimum Gasteiger partial charge on any atom is -0.463 e. The van der Waals surface area contributed by atoms with Gasteiger partial charge in [0.2, 0.25) is 0 Å². The molecule has 0 radical (unpaired) electrons. The van der Waals surface area contributed by atoms with E-state index < -0.39 is 29.1 Å².